The van der Waals surface area contributed by atoms with Crippen molar-refractivity contribution in [2.75, 3.05) is 7.11 Å². The van der Waals surface area contributed by atoms with Crippen molar-refractivity contribution < 1.29 is 14.1 Å². The molecule has 0 saturated heterocycles. The maximum absolute atomic E-state index is 12.5. The Morgan fingerprint density at radius 2 is 2.04 bits per heavy atom. The summed E-state index contributed by atoms with van der Waals surface area (Å²) < 4.78 is 10.4. The van der Waals surface area contributed by atoms with Crippen LogP contribution in [0.1, 0.15) is 37.0 Å². The van der Waals surface area contributed by atoms with E-state index in [4.69, 9.17) is 20.9 Å². The fraction of sp³-hybridized carbons (Fsp3) is 0.278. The molecule has 130 valence electrons. The van der Waals surface area contributed by atoms with Crippen LogP contribution in [0.5, 0.6) is 0 Å². The Hall–Kier alpha value is -2.60. The van der Waals surface area contributed by atoms with Gasteiger partial charge >= 0.3 is 5.97 Å². The van der Waals surface area contributed by atoms with Crippen molar-refractivity contribution in [2.24, 2.45) is 0 Å². The van der Waals surface area contributed by atoms with Gasteiger partial charge in [-0.3, -0.25) is 0 Å². The predicted molar refractivity (Wildman–Crippen MR) is 93.7 cm³/mol. The number of hydrogen-bond donors (Lipinski definition) is 1. The summed E-state index contributed by atoms with van der Waals surface area (Å²) in [5.41, 5.74) is 3.61. The normalized spacial score (nSPS) is 17.6. The number of aromatic nitrogens is 2. The molecule has 0 radical (unpaired) electrons. The molecule has 1 N–H and O–H groups in total. The van der Waals surface area contributed by atoms with Gasteiger partial charge in [0.2, 0.25) is 0 Å². The molecule has 0 fully saturated rings. The van der Waals surface area contributed by atoms with E-state index in [2.05, 4.69) is 15.5 Å². The molecular weight excluding hydrogens is 342 g/mol. The topological polar surface area (TPSA) is 77.2 Å². The van der Waals surface area contributed by atoms with Crippen molar-refractivity contribution in [3.05, 3.63) is 63.5 Å². The van der Waals surface area contributed by atoms with Crippen molar-refractivity contribution in [1.29, 1.82) is 0 Å². The second-order valence-electron chi connectivity index (χ2n) is 5.83. The van der Waals surface area contributed by atoms with Crippen LogP contribution in [0.25, 0.3) is 5.57 Å². The van der Waals surface area contributed by atoms with Crippen LogP contribution in [0, 0.1) is 6.92 Å². The van der Waals surface area contributed by atoms with Gasteiger partial charge in [0.15, 0.2) is 5.82 Å². The molecule has 1 aromatic carbocycles. The Balaban J connectivity index is 2.24. The Morgan fingerprint density at radius 1 is 1.28 bits per heavy atom. The fourth-order valence-electron chi connectivity index (χ4n) is 3.08. The molecule has 7 heteroatoms. The number of halogens is 1. The Labute approximate surface area is 150 Å². The van der Waals surface area contributed by atoms with Crippen LogP contribution in [0.3, 0.4) is 0 Å². The van der Waals surface area contributed by atoms with Crippen LogP contribution < -0.4 is 5.32 Å². The molecule has 0 bridgehead atoms. The minimum Gasteiger partial charge on any atom is -0.466 e. The Morgan fingerprint density at radius 3 is 2.64 bits per heavy atom. The lowest BCUT2D eigenvalue weighted by Crippen LogP contribution is -2.28. The standard InChI is InChI=1S/C18H18ClN3O3/c1-9-14(17-21-11(3)22-25-17)16(12-6-5-7-13(19)8-12)15(10(2)20-9)18(23)24-4/h5-8,16,20H,1-4H3. The zero-order chi connectivity index (χ0) is 18.1. The van der Waals surface area contributed by atoms with E-state index in [-0.39, 0.29) is 0 Å². The first kappa shape index (κ1) is 17.2. The quantitative estimate of drug-likeness (QED) is 0.844. The van der Waals surface area contributed by atoms with Gasteiger partial charge in [-0.2, -0.15) is 4.98 Å². The molecule has 25 heavy (non-hydrogen) atoms. The summed E-state index contributed by atoms with van der Waals surface area (Å²) in [6.07, 6.45) is 0. The van der Waals surface area contributed by atoms with E-state index in [1.54, 1.807) is 13.0 Å². The second-order valence-corrected chi connectivity index (χ2v) is 6.27. The van der Waals surface area contributed by atoms with Gasteiger partial charge in [0.1, 0.15) is 0 Å². The van der Waals surface area contributed by atoms with Crippen LogP contribution in [0.4, 0.5) is 0 Å². The summed E-state index contributed by atoms with van der Waals surface area (Å²) >= 11 is 6.18. The predicted octanol–water partition coefficient (Wildman–Crippen LogP) is 3.60. The monoisotopic (exact) mass is 359 g/mol. The highest BCUT2D eigenvalue weighted by atomic mass is 35.5. The smallest absolute Gasteiger partial charge is 0.336 e. The first-order valence-corrected chi connectivity index (χ1v) is 8.13. The lowest BCUT2D eigenvalue weighted by Gasteiger charge is -2.29. The maximum Gasteiger partial charge on any atom is 0.336 e. The molecule has 2 heterocycles. The van der Waals surface area contributed by atoms with E-state index in [1.165, 1.54) is 7.11 Å². The number of aryl methyl sites for hydroxylation is 1. The average Bonchev–Trinajstić information content (AvgIpc) is 2.99. The first-order valence-electron chi connectivity index (χ1n) is 7.75. The average molecular weight is 360 g/mol. The van der Waals surface area contributed by atoms with Gasteiger partial charge in [0, 0.05) is 22.0 Å². The zero-order valence-electron chi connectivity index (χ0n) is 14.4. The summed E-state index contributed by atoms with van der Waals surface area (Å²) in [4.78, 5) is 16.8. The maximum atomic E-state index is 12.5. The largest absolute Gasteiger partial charge is 0.466 e. The molecule has 1 unspecified atom stereocenters. The third kappa shape index (κ3) is 3.17. The van der Waals surface area contributed by atoms with Gasteiger partial charge in [-0.05, 0) is 38.5 Å². The number of rotatable bonds is 3. The van der Waals surface area contributed by atoms with Crippen LogP contribution in [0.15, 0.2) is 45.8 Å². The SMILES string of the molecule is COC(=O)C1=C(C)NC(C)=C(c2nc(C)no2)C1c1cccc(Cl)c1. The molecule has 1 aromatic heterocycles. The van der Waals surface area contributed by atoms with E-state index in [9.17, 15) is 4.79 Å². The highest BCUT2D eigenvalue weighted by Crippen LogP contribution is 2.43. The number of allylic oxidation sites excluding steroid dienone is 3. The van der Waals surface area contributed by atoms with Gasteiger partial charge < -0.3 is 14.6 Å². The molecule has 1 aliphatic rings. The molecule has 0 saturated carbocycles. The zero-order valence-corrected chi connectivity index (χ0v) is 15.1. The van der Waals surface area contributed by atoms with Crippen molar-refractivity contribution in [3.63, 3.8) is 0 Å². The molecule has 0 aliphatic carbocycles. The number of benzene rings is 1. The molecule has 1 atom stereocenters. The molecule has 0 amide bonds. The number of hydrogen-bond acceptors (Lipinski definition) is 6. The van der Waals surface area contributed by atoms with Gasteiger partial charge in [-0.1, -0.05) is 28.9 Å². The van der Waals surface area contributed by atoms with E-state index in [0.29, 0.717) is 28.0 Å². The number of esters is 1. The van der Waals surface area contributed by atoms with E-state index in [1.807, 2.05) is 32.0 Å². The van der Waals surface area contributed by atoms with Crippen molar-refractivity contribution >= 4 is 23.1 Å². The van der Waals surface area contributed by atoms with Gasteiger partial charge in [-0.15, -0.1) is 0 Å². The number of dihydropyridines is 1. The molecular formula is C18H18ClN3O3. The van der Waals surface area contributed by atoms with E-state index in [0.717, 1.165) is 16.8 Å². The van der Waals surface area contributed by atoms with Gasteiger partial charge in [0.25, 0.3) is 5.89 Å². The second kappa shape index (κ2) is 6.72. The van der Waals surface area contributed by atoms with Gasteiger partial charge in [-0.25, -0.2) is 4.79 Å². The fourth-order valence-corrected chi connectivity index (χ4v) is 3.28. The Bertz CT molecular complexity index is 898. The van der Waals surface area contributed by atoms with E-state index >= 15 is 0 Å². The lowest BCUT2D eigenvalue weighted by atomic mass is 9.80. The third-order valence-corrected chi connectivity index (χ3v) is 4.34. The minimum atomic E-state index is -0.424. The molecule has 0 spiro atoms. The summed E-state index contributed by atoms with van der Waals surface area (Å²) in [5, 5.41) is 7.67. The van der Waals surface area contributed by atoms with Crippen LogP contribution in [0.2, 0.25) is 5.02 Å². The summed E-state index contributed by atoms with van der Waals surface area (Å²) in [7, 11) is 1.36. The number of methoxy groups -OCH3 is 1. The number of carbonyl (C=O) groups excluding carboxylic acids is 1. The van der Waals surface area contributed by atoms with Crippen molar-refractivity contribution in [3.8, 4) is 0 Å². The minimum absolute atomic E-state index is 0.362. The highest BCUT2D eigenvalue weighted by Gasteiger charge is 2.36. The molecule has 6 nitrogen and oxygen atoms in total. The first-order chi connectivity index (χ1) is 11.9. The lowest BCUT2D eigenvalue weighted by molar-refractivity contribution is -0.136. The summed E-state index contributed by atoms with van der Waals surface area (Å²) in [5.74, 6) is 0.0379. The summed E-state index contributed by atoms with van der Waals surface area (Å²) in [6, 6.07) is 7.36. The van der Waals surface area contributed by atoms with E-state index < -0.39 is 11.9 Å². The van der Waals surface area contributed by atoms with Crippen molar-refractivity contribution in [2.45, 2.75) is 26.7 Å². The number of ether oxygens (including phenoxy) is 1. The van der Waals surface area contributed by atoms with Gasteiger partial charge in [0.05, 0.1) is 18.6 Å². The number of nitrogens with one attached hydrogen (secondary N) is 1. The number of nitrogens with zero attached hydrogens (tertiary/aromatic N) is 2. The summed E-state index contributed by atoms with van der Waals surface area (Å²) in [6.45, 7) is 5.49. The number of carbonyl (C=O) groups is 1. The van der Waals surface area contributed by atoms with Crippen LogP contribution >= 0.6 is 11.6 Å². The van der Waals surface area contributed by atoms with Crippen molar-refractivity contribution in [1.82, 2.24) is 15.5 Å². The van der Waals surface area contributed by atoms with Crippen LogP contribution in [-0.2, 0) is 9.53 Å². The molecule has 1 aliphatic heterocycles. The highest BCUT2D eigenvalue weighted by molar-refractivity contribution is 6.30. The van der Waals surface area contributed by atoms with Crippen LogP contribution in [-0.4, -0.2) is 23.2 Å². The Kier molecular flexibility index (Phi) is 4.63. The third-order valence-electron chi connectivity index (χ3n) is 4.11. The molecule has 3 rings (SSSR count). The molecule has 2 aromatic rings.